The molecule has 0 saturated heterocycles. The first-order valence-electron chi connectivity index (χ1n) is 5.71. The number of carbonyl (C=O) groups is 1. The van der Waals surface area contributed by atoms with Gasteiger partial charge in [-0.25, -0.2) is 13.2 Å². The number of ether oxygens (including phenoxy) is 1. The fourth-order valence-corrected chi connectivity index (χ4v) is 4.75. The Balaban J connectivity index is 2.28. The fraction of sp³-hybridized carbons (Fsp3) is 0.583. The lowest BCUT2D eigenvalue weighted by Crippen LogP contribution is -2.25. The first kappa shape index (κ1) is 13.5. The maximum absolute atomic E-state index is 12.0. The van der Waals surface area contributed by atoms with E-state index in [1.807, 2.05) is 20.8 Å². The Hall–Kier alpha value is -0.880. The van der Waals surface area contributed by atoms with Crippen LogP contribution >= 0.6 is 11.3 Å². The van der Waals surface area contributed by atoms with E-state index in [1.54, 1.807) is 5.38 Å². The van der Waals surface area contributed by atoms with Crippen LogP contribution in [0.15, 0.2) is 5.38 Å². The second-order valence-electron chi connectivity index (χ2n) is 5.40. The molecule has 2 rings (SSSR count). The number of hydrogen-bond donors (Lipinski definition) is 0. The largest absolute Gasteiger partial charge is 0.456 e. The minimum Gasteiger partial charge on any atom is -0.456 e. The fourth-order valence-electron chi connectivity index (χ4n) is 1.85. The van der Waals surface area contributed by atoms with Gasteiger partial charge in [0.25, 0.3) is 0 Å². The van der Waals surface area contributed by atoms with Crippen LogP contribution in [0.1, 0.15) is 41.6 Å². The highest BCUT2D eigenvalue weighted by atomic mass is 32.2. The molecule has 1 aromatic heterocycles. The summed E-state index contributed by atoms with van der Waals surface area (Å²) in [5, 5.41) is 1.71. The number of thiophene rings is 1. The quantitative estimate of drug-likeness (QED) is 0.743. The van der Waals surface area contributed by atoms with Crippen LogP contribution in [0.3, 0.4) is 0 Å². The molecule has 0 saturated carbocycles. The minimum atomic E-state index is -2.99. The lowest BCUT2D eigenvalue weighted by molar-refractivity contribution is 0.00689. The lowest BCUT2D eigenvalue weighted by atomic mass is 10.1. The van der Waals surface area contributed by atoms with Crippen LogP contribution in [0.5, 0.6) is 0 Å². The van der Waals surface area contributed by atoms with E-state index >= 15 is 0 Å². The topological polar surface area (TPSA) is 60.4 Å². The average molecular weight is 288 g/mol. The molecule has 0 amide bonds. The molecule has 0 atom stereocenters. The van der Waals surface area contributed by atoms with Crippen molar-refractivity contribution < 1.29 is 17.9 Å². The van der Waals surface area contributed by atoms with Crippen molar-refractivity contribution in [3.63, 3.8) is 0 Å². The Kier molecular flexibility index (Phi) is 3.27. The summed E-state index contributed by atoms with van der Waals surface area (Å²) in [6.45, 7) is 5.44. The SMILES string of the molecule is CC(C)(C)OC(=O)c1csc2c1CCS(=O)(=O)C2. The van der Waals surface area contributed by atoms with Crippen LogP contribution < -0.4 is 0 Å². The minimum absolute atomic E-state index is 0.0514. The number of esters is 1. The second kappa shape index (κ2) is 4.35. The normalized spacial score (nSPS) is 18.2. The van der Waals surface area contributed by atoms with Gasteiger partial charge < -0.3 is 4.74 Å². The summed E-state index contributed by atoms with van der Waals surface area (Å²) < 4.78 is 28.3. The van der Waals surface area contributed by atoms with Crippen molar-refractivity contribution in [2.24, 2.45) is 0 Å². The van der Waals surface area contributed by atoms with Gasteiger partial charge in [0.05, 0.1) is 17.1 Å². The summed E-state index contributed by atoms with van der Waals surface area (Å²) in [5.74, 6) is -0.193. The average Bonchev–Trinajstić information content (AvgIpc) is 2.55. The predicted molar refractivity (Wildman–Crippen MR) is 70.7 cm³/mol. The van der Waals surface area contributed by atoms with E-state index in [2.05, 4.69) is 0 Å². The van der Waals surface area contributed by atoms with E-state index in [1.165, 1.54) is 11.3 Å². The monoisotopic (exact) mass is 288 g/mol. The molecule has 0 radical (unpaired) electrons. The van der Waals surface area contributed by atoms with Gasteiger partial charge in [0, 0.05) is 10.3 Å². The van der Waals surface area contributed by atoms with E-state index in [9.17, 15) is 13.2 Å². The van der Waals surface area contributed by atoms with Gasteiger partial charge in [0.2, 0.25) is 0 Å². The van der Waals surface area contributed by atoms with Gasteiger partial charge in [-0.05, 0) is 32.8 Å². The molecule has 1 aliphatic heterocycles. The second-order valence-corrected chi connectivity index (χ2v) is 8.54. The van der Waals surface area contributed by atoms with E-state index in [-0.39, 0.29) is 17.5 Å². The molecule has 0 fully saturated rings. The highest BCUT2D eigenvalue weighted by molar-refractivity contribution is 7.90. The molecule has 0 aliphatic carbocycles. The zero-order valence-electron chi connectivity index (χ0n) is 10.6. The van der Waals surface area contributed by atoms with Crippen molar-refractivity contribution in [1.29, 1.82) is 0 Å². The Labute approximate surface area is 111 Å². The van der Waals surface area contributed by atoms with Gasteiger partial charge in [-0.3, -0.25) is 0 Å². The molecule has 0 bridgehead atoms. The summed E-state index contributed by atoms with van der Waals surface area (Å²) >= 11 is 1.33. The van der Waals surface area contributed by atoms with E-state index in [4.69, 9.17) is 4.74 Å². The Morgan fingerprint density at radius 2 is 2.06 bits per heavy atom. The van der Waals surface area contributed by atoms with Crippen LogP contribution in [-0.2, 0) is 26.7 Å². The molecule has 0 N–H and O–H groups in total. The number of carbonyl (C=O) groups excluding carboxylic acids is 1. The summed E-state index contributed by atoms with van der Waals surface area (Å²) in [5.41, 5.74) is 0.844. The number of rotatable bonds is 1. The zero-order chi connectivity index (χ0) is 13.6. The van der Waals surface area contributed by atoms with Crippen LogP contribution in [-0.4, -0.2) is 25.7 Å². The van der Waals surface area contributed by atoms with Crippen molar-refractivity contribution in [2.75, 3.05) is 5.75 Å². The molecule has 0 aromatic carbocycles. The van der Waals surface area contributed by atoms with Crippen LogP contribution in [0.2, 0.25) is 0 Å². The van der Waals surface area contributed by atoms with Gasteiger partial charge in [0.15, 0.2) is 9.84 Å². The van der Waals surface area contributed by atoms with E-state index in [0.29, 0.717) is 12.0 Å². The third-order valence-electron chi connectivity index (χ3n) is 2.61. The summed E-state index contributed by atoms with van der Waals surface area (Å²) in [6, 6.07) is 0. The summed E-state index contributed by atoms with van der Waals surface area (Å²) in [7, 11) is -2.99. The van der Waals surface area contributed by atoms with E-state index in [0.717, 1.165) is 10.4 Å². The molecule has 2 heterocycles. The molecular formula is C12H16O4S2. The van der Waals surface area contributed by atoms with Crippen LogP contribution in [0, 0.1) is 0 Å². The summed E-state index contributed by atoms with van der Waals surface area (Å²) in [4.78, 5) is 12.8. The number of fused-ring (bicyclic) bond motifs is 1. The maximum Gasteiger partial charge on any atom is 0.339 e. The van der Waals surface area contributed by atoms with Crippen LogP contribution in [0.4, 0.5) is 0 Å². The van der Waals surface area contributed by atoms with Gasteiger partial charge in [-0.2, -0.15) is 0 Å². The van der Waals surface area contributed by atoms with Crippen molar-refractivity contribution in [3.8, 4) is 0 Å². The molecule has 1 aliphatic rings. The Morgan fingerprint density at radius 3 is 2.67 bits per heavy atom. The van der Waals surface area contributed by atoms with Crippen molar-refractivity contribution in [3.05, 3.63) is 21.4 Å². The third-order valence-corrected chi connectivity index (χ3v) is 5.38. The number of hydrogen-bond acceptors (Lipinski definition) is 5. The zero-order valence-corrected chi connectivity index (χ0v) is 12.3. The molecule has 1 aromatic rings. The molecule has 4 nitrogen and oxygen atoms in total. The van der Waals surface area contributed by atoms with Crippen LogP contribution in [0.25, 0.3) is 0 Å². The highest BCUT2D eigenvalue weighted by Gasteiger charge is 2.29. The number of sulfone groups is 1. The van der Waals surface area contributed by atoms with Gasteiger partial charge in [-0.1, -0.05) is 0 Å². The summed E-state index contributed by atoms with van der Waals surface area (Å²) in [6.07, 6.45) is 0.412. The molecule has 0 unspecified atom stereocenters. The van der Waals surface area contributed by atoms with Gasteiger partial charge >= 0.3 is 5.97 Å². The predicted octanol–water partition coefficient (Wildman–Crippen LogP) is 2.17. The highest BCUT2D eigenvalue weighted by Crippen LogP contribution is 2.31. The first-order chi connectivity index (χ1) is 8.18. The molecule has 100 valence electrons. The molecule has 18 heavy (non-hydrogen) atoms. The standard InChI is InChI=1S/C12H16O4S2/c1-12(2,3)16-11(13)9-6-17-10-7-18(14,15)5-4-8(9)10/h6H,4-5,7H2,1-3H3. The smallest absolute Gasteiger partial charge is 0.339 e. The lowest BCUT2D eigenvalue weighted by Gasteiger charge is -2.20. The van der Waals surface area contributed by atoms with Crippen molar-refractivity contribution in [2.45, 2.75) is 38.5 Å². The van der Waals surface area contributed by atoms with Crippen molar-refractivity contribution in [1.82, 2.24) is 0 Å². The van der Waals surface area contributed by atoms with Gasteiger partial charge in [-0.15, -0.1) is 11.3 Å². The molecule has 6 heteroatoms. The maximum atomic E-state index is 12.0. The van der Waals surface area contributed by atoms with E-state index < -0.39 is 15.4 Å². The third kappa shape index (κ3) is 2.92. The first-order valence-corrected chi connectivity index (χ1v) is 8.41. The molecular weight excluding hydrogens is 272 g/mol. The van der Waals surface area contributed by atoms with Gasteiger partial charge in [0.1, 0.15) is 5.60 Å². The Bertz CT molecular complexity index is 576. The van der Waals surface area contributed by atoms with Crippen molar-refractivity contribution >= 4 is 27.1 Å². The Morgan fingerprint density at radius 1 is 1.39 bits per heavy atom. The molecule has 0 spiro atoms.